The molecule has 8 heteroatoms. The first-order valence-electron chi connectivity index (χ1n) is 8.69. The zero-order valence-electron chi connectivity index (χ0n) is 14.5. The molecular weight excluding hydrogens is 362 g/mol. The van der Waals surface area contributed by atoms with Crippen molar-refractivity contribution in [3.8, 4) is 11.3 Å². The third kappa shape index (κ3) is 2.83. The fraction of sp³-hybridized carbons (Fsp3) is 0.211. The molecule has 1 saturated heterocycles. The summed E-state index contributed by atoms with van der Waals surface area (Å²) in [7, 11) is 0. The van der Waals surface area contributed by atoms with E-state index in [-0.39, 0.29) is 6.04 Å². The average molecular weight is 379 g/mol. The quantitative estimate of drug-likeness (QED) is 0.552. The Kier molecular flexibility index (Phi) is 3.80. The van der Waals surface area contributed by atoms with Crippen LogP contribution in [0.1, 0.15) is 0 Å². The van der Waals surface area contributed by atoms with Gasteiger partial charge in [-0.1, -0.05) is 6.08 Å². The minimum Gasteiger partial charge on any atom is -0.403 e. The maximum absolute atomic E-state index is 12.5. The number of anilines is 1. The molecule has 0 radical (unpaired) electrons. The van der Waals surface area contributed by atoms with Crippen LogP contribution in [0.4, 0.5) is 5.82 Å². The first-order valence-corrected chi connectivity index (χ1v) is 9.57. The maximum atomic E-state index is 12.5. The molecule has 0 saturated carbocycles. The maximum Gasteiger partial charge on any atom is 0.347 e. The predicted molar refractivity (Wildman–Crippen MR) is 107 cm³/mol. The van der Waals surface area contributed by atoms with E-state index in [2.05, 4.69) is 26.8 Å². The lowest BCUT2D eigenvalue weighted by atomic mass is 10.1. The Morgan fingerprint density at radius 2 is 2.30 bits per heavy atom. The lowest BCUT2D eigenvalue weighted by molar-refractivity contribution is 0.512. The highest BCUT2D eigenvalue weighted by Gasteiger charge is 2.19. The minimum absolute atomic E-state index is 0.223. The van der Waals surface area contributed by atoms with Crippen LogP contribution < -0.4 is 15.8 Å². The summed E-state index contributed by atoms with van der Waals surface area (Å²) in [6.45, 7) is 6.34. The molecule has 0 spiro atoms. The Hall–Kier alpha value is -2.97. The highest BCUT2D eigenvalue weighted by atomic mass is 32.1. The van der Waals surface area contributed by atoms with Crippen LogP contribution in [-0.4, -0.2) is 40.0 Å². The van der Waals surface area contributed by atoms with E-state index in [4.69, 9.17) is 4.42 Å². The second-order valence-electron chi connectivity index (χ2n) is 6.47. The molecule has 5 heterocycles. The number of piperazine rings is 1. The SMILES string of the molecule is C=C[C@H]1CN(c2ccc3cc(-c4cn5ccsc5n4)c(=O)oc3n2)CCN1. The van der Waals surface area contributed by atoms with Crippen molar-refractivity contribution in [3.63, 3.8) is 0 Å². The van der Waals surface area contributed by atoms with Gasteiger partial charge in [-0.05, 0) is 18.2 Å². The van der Waals surface area contributed by atoms with Crippen molar-refractivity contribution < 1.29 is 4.42 Å². The van der Waals surface area contributed by atoms with Gasteiger partial charge in [-0.15, -0.1) is 17.9 Å². The zero-order chi connectivity index (χ0) is 18.4. The molecule has 1 aliphatic heterocycles. The number of rotatable bonds is 3. The number of nitrogens with zero attached hydrogens (tertiary/aromatic N) is 4. The molecule has 0 bridgehead atoms. The molecule has 136 valence electrons. The van der Waals surface area contributed by atoms with Crippen LogP contribution in [0.15, 0.2) is 57.8 Å². The number of imidazole rings is 1. The van der Waals surface area contributed by atoms with Gasteiger partial charge in [-0.25, -0.2) is 9.78 Å². The summed E-state index contributed by atoms with van der Waals surface area (Å²) in [4.78, 5) is 24.6. The number of aromatic nitrogens is 3. The fourth-order valence-electron chi connectivity index (χ4n) is 3.35. The van der Waals surface area contributed by atoms with Gasteiger partial charge in [0.2, 0.25) is 5.71 Å². The van der Waals surface area contributed by atoms with Gasteiger partial charge in [0.1, 0.15) is 5.82 Å². The van der Waals surface area contributed by atoms with Crippen molar-refractivity contribution in [2.24, 2.45) is 0 Å². The lowest BCUT2D eigenvalue weighted by Crippen LogP contribution is -2.50. The minimum atomic E-state index is -0.429. The van der Waals surface area contributed by atoms with Gasteiger partial charge in [-0.3, -0.25) is 4.40 Å². The van der Waals surface area contributed by atoms with Gasteiger partial charge >= 0.3 is 5.63 Å². The van der Waals surface area contributed by atoms with E-state index in [1.165, 1.54) is 11.3 Å². The molecule has 27 heavy (non-hydrogen) atoms. The Bertz CT molecular complexity index is 1180. The monoisotopic (exact) mass is 379 g/mol. The molecule has 1 fully saturated rings. The molecule has 0 amide bonds. The molecule has 1 N–H and O–H groups in total. The van der Waals surface area contributed by atoms with Crippen molar-refractivity contribution in [3.05, 3.63) is 59.0 Å². The molecular formula is C19H17N5O2S. The first kappa shape index (κ1) is 16.2. The lowest BCUT2D eigenvalue weighted by Gasteiger charge is -2.33. The molecule has 0 aromatic carbocycles. The third-order valence-electron chi connectivity index (χ3n) is 4.77. The van der Waals surface area contributed by atoms with Crippen molar-refractivity contribution in [1.82, 2.24) is 19.7 Å². The van der Waals surface area contributed by atoms with Crippen LogP contribution in [-0.2, 0) is 0 Å². The Labute approximate surface area is 158 Å². The average Bonchev–Trinajstić information content (AvgIpc) is 3.29. The fourth-order valence-corrected chi connectivity index (χ4v) is 4.05. The van der Waals surface area contributed by atoms with Crippen molar-refractivity contribution in [2.45, 2.75) is 6.04 Å². The molecule has 1 atom stereocenters. The molecule has 4 aromatic heterocycles. The highest BCUT2D eigenvalue weighted by Crippen LogP contribution is 2.24. The standard InChI is InChI=1S/C19H17N5O2S/c1-2-13-10-23(6-5-20-13)16-4-3-12-9-14(18(25)26-17(12)22-16)15-11-24-7-8-27-19(24)21-15/h2-4,7-9,11,13,20H,1,5-6,10H2/t13-/m0/s1. The highest BCUT2D eigenvalue weighted by molar-refractivity contribution is 7.15. The van der Waals surface area contributed by atoms with Gasteiger partial charge in [0.15, 0.2) is 4.96 Å². The summed E-state index contributed by atoms with van der Waals surface area (Å²) in [5.41, 5.74) is 0.970. The van der Waals surface area contributed by atoms with Crippen LogP contribution in [0.3, 0.4) is 0 Å². The van der Waals surface area contributed by atoms with Crippen LogP contribution in [0.5, 0.6) is 0 Å². The molecule has 5 rings (SSSR count). The van der Waals surface area contributed by atoms with E-state index in [0.717, 1.165) is 35.8 Å². The summed E-state index contributed by atoms with van der Waals surface area (Å²) in [6.07, 6.45) is 5.65. The Balaban J connectivity index is 1.54. The number of nitrogens with one attached hydrogen (secondary N) is 1. The second kappa shape index (κ2) is 6.33. The summed E-state index contributed by atoms with van der Waals surface area (Å²) >= 11 is 1.52. The largest absolute Gasteiger partial charge is 0.403 e. The van der Waals surface area contributed by atoms with Gasteiger partial charge < -0.3 is 14.6 Å². The van der Waals surface area contributed by atoms with E-state index in [1.54, 1.807) is 6.07 Å². The third-order valence-corrected chi connectivity index (χ3v) is 5.54. The number of fused-ring (bicyclic) bond motifs is 2. The van der Waals surface area contributed by atoms with Crippen LogP contribution in [0.2, 0.25) is 0 Å². The van der Waals surface area contributed by atoms with Crippen LogP contribution in [0, 0.1) is 0 Å². The molecule has 0 unspecified atom stereocenters. The topological polar surface area (TPSA) is 75.7 Å². The molecule has 7 nitrogen and oxygen atoms in total. The van der Waals surface area contributed by atoms with Crippen molar-refractivity contribution in [1.29, 1.82) is 0 Å². The van der Waals surface area contributed by atoms with E-state index >= 15 is 0 Å². The molecule has 0 aliphatic carbocycles. The zero-order valence-corrected chi connectivity index (χ0v) is 15.3. The number of hydrogen-bond donors (Lipinski definition) is 1. The molecule has 1 aliphatic rings. The second-order valence-corrected chi connectivity index (χ2v) is 7.35. The number of thiazole rings is 1. The van der Waals surface area contributed by atoms with Crippen LogP contribution in [0.25, 0.3) is 27.3 Å². The Morgan fingerprint density at radius 3 is 3.15 bits per heavy atom. The van der Waals surface area contributed by atoms with Gasteiger partial charge in [0.25, 0.3) is 0 Å². The summed E-state index contributed by atoms with van der Waals surface area (Å²) in [6, 6.07) is 5.92. The van der Waals surface area contributed by atoms with Crippen LogP contribution >= 0.6 is 11.3 Å². The Morgan fingerprint density at radius 1 is 1.37 bits per heavy atom. The number of pyridine rings is 1. The van der Waals surface area contributed by atoms with Gasteiger partial charge in [0.05, 0.1) is 11.3 Å². The normalized spacial score (nSPS) is 17.6. The molecule has 4 aromatic rings. The van der Waals surface area contributed by atoms with E-state index in [0.29, 0.717) is 17.0 Å². The van der Waals surface area contributed by atoms with E-state index < -0.39 is 5.63 Å². The van der Waals surface area contributed by atoms with Crippen molar-refractivity contribution >= 4 is 33.2 Å². The smallest absolute Gasteiger partial charge is 0.347 e. The number of hydrogen-bond acceptors (Lipinski definition) is 7. The van der Waals surface area contributed by atoms with Gasteiger partial charge in [0, 0.05) is 48.8 Å². The summed E-state index contributed by atoms with van der Waals surface area (Å²) < 4.78 is 7.42. The first-order chi connectivity index (χ1) is 13.2. The van der Waals surface area contributed by atoms with E-state index in [9.17, 15) is 4.79 Å². The van der Waals surface area contributed by atoms with Crippen molar-refractivity contribution in [2.75, 3.05) is 24.5 Å². The van der Waals surface area contributed by atoms with Gasteiger partial charge in [-0.2, -0.15) is 4.98 Å². The summed E-state index contributed by atoms with van der Waals surface area (Å²) in [5, 5.41) is 6.11. The summed E-state index contributed by atoms with van der Waals surface area (Å²) in [5.74, 6) is 0.800. The predicted octanol–water partition coefficient (Wildman–Crippen LogP) is 2.53. The van der Waals surface area contributed by atoms with E-state index in [1.807, 2.05) is 40.4 Å².